The zero-order chi connectivity index (χ0) is 19.6. The third kappa shape index (κ3) is 3.73. The smallest absolute Gasteiger partial charge is 0.325 e. The summed E-state index contributed by atoms with van der Waals surface area (Å²) in [6.07, 6.45) is -1.65. The molecule has 1 fully saturated rings. The van der Waals surface area contributed by atoms with E-state index in [1.165, 1.54) is 16.8 Å². The molecule has 5 N–H and O–H groups in total. The number of carbonyl (C=O) groups excluding carboxylic acids is 2. The molecule has 0 radical (unpaired) electrons. The second-order valence-corrected chi connectivity index (χ2v) is 6.15. The van der Waals surface area contributed by atoms with Crippen molar-refractivity contribution < 1.29 is 24.2 Å². The van der Waals surface area contributed by atoms with Gasteiger partial charge in [-0.25, -0.2) is 15.6 Å². The predicted molar refractivity (Wildman–Crippen MR) is 94.8 cm³/mol. The maximum absolute atomic E-state index is 12.3. The monoisotopic (exact) mass is 378 g/mol. The molecule has 0 aliphatic carbocycles. The van der Waals surface area contributed by atoms with Crippen LogP contribution in [-0.4, -0.2) is 78.4 Å². The van der Waals surface area contributed by atoms with Gasteiger partial charge in [-0.05, 0) is 24.3 Å². The summed E-state index contributed by atoms with van der Waals surface area (Å²) in [5.41, 5.74) is 2.41. The van der Waals surface area contributed by atoms with Gasteiger partial charge in [0.15, 0.2) is 12.2 Å². The normalized spacial score (nSPS) is 22.7. The van der Waals surface area contributed by atoms with Crippen molar-refractivity contribution in [1.82, 2.24) is 20.5 Å². The summed E-state index contributed by atoms with van der Waals surface area (Å²) in [5.74, 6) is 6.47. The van der Waals surface area contributed by atoms with Gasteiger partial charge in [-0.15, -0.1) is 0 Å². The van der Waals surface area contributed by atoms with E-state index < -0.39 is 30.2 Å². The van der Waals surface area contributed by atoms with Gasteiger partial charge < -0.3 is 24.4 Å². The molecule has 0 bridgehead atoms. The average molecular weight is 378 g/mol. The largest absolute Gasteiger partial charge is 0.497 e. The molecule has 0 spiro atoms. The van der Waals surface area contributed by atoms with Crippen LogP contribution in [0.5, 0.6) is 11.5 Å². The second-order valence-electron chi connectivity index (χ2n) is 6.15. The summed E-state index contributed by atoms with van der Waals surface area (Å²) >= 11 is 0. The van der Waals surface area contributed by atoms with Crippen LogP contribution in [0.25, 0.3) is 0 Å². The van der Waals surface area contributed by atoms with E-state index in [1.54, 1.807) is 31.4 Å². The molecular formula is C16H22N6O5. The molecule has 11 heteroatoms. The number of methoxy groups -OCH3 is 1. The van der Waals surface area contributed by atoms with Gasteiger partial charge in [-0.2, -0.15) is 0 Å². The maximum atomic E-state index is 12.3. The Morgan fingerprint density at radius 1 is 1.33 bits per heavy atom. The molecule has 2 aliphatic rings. The highest BCUT2D eigenvalue weighted by Gasteiger charge is 2.48. The minimum absolute atomic E-state index is 0.00550. The number of rotatable bonds is 6. The highest BCUT2D eigenvalue weighted by molar-refractivity contribution is 6.03. The Kier molecular flexibility index (Phi) is 5.33. The number of aliphatic hydroxyl groups excluding tert-OH is 1. The molecule has 3 unspecified atom stereocenters. The van der Waals surface area contributed by atoms with E-state index in [2.05, 4.69) is 15.7 Å². The van der Waals surface area contributed by atoms with Crippen LogP contribution in [0.4, 0.5) is 4.79 Å². The van der Waals surface area contributed by atoms with E-state index in [4.69, 9.17) is 15.3 Å². The predicted octanol–water partition coefficient (Wildman–Crippen LogP) is -1.55. The van der Waals surface area contributed by atoms with Crippen LogP contribution in [0.2, 0.25) is 0 Å². The number of imide groups is 1. The zero-order valence-electron chi connectivity index (χ0n) is 15.0. The summed E-state index contributed by atoms with van der Waals surface area (Å²) in [5, 5.41) is 12.6. The maximum Gasteiger partial charge on any atom is 0.325 e. The fourth-order valence-corrected chi connectivity index (χ4v) is 2.99. The first-order chi connectivity index (χ1) is 12.9. The highest BCUT2D eigenvalue weighted by atomic mass is 16.5. The lowest BCUT2D eigenvalue weighted by Gasteiger charge is -2.36. The van der Waals surface area contributed by atoms with Gasteiger partial charge >= 0.3 is 6.03 Å². The van der Waals surface area contributed by atoms with Crippen molar-refractivity contribution in [2.24, 2.45) is 10.8 Å². The molecule has 0 aromatic heterocycles. The first-order valence-corrected chi connectivity index (χ1v) is 8.28. The quantitative estimate of drug-likeness (QED) is 0.344. The SMILES string of the molecule is COc1ccc(OCC(O)CN2C(NN)=NC3C2C(=O)NC(=O)N3C)cc1. The number of carbonyl (C=O) groups is 2. The summed E-state index contributed by atoms with van der Waals surface area (Å²) < 4.78 is 10.6. The zero-order valence-corrected chi connectivity index (χ0v) is 15.0. The van der Waals surface area contributed by atoms with Gasteiger partial charge in [-0.1, -0.05) is 0 Å². The number of likely N-dealkylation sites (N-methyl/N-ethyl adjacent to an activating group) is 1. The molecular weight excluding hydrogens is 356 g/mol. The van der Waals surface area contributed by atoms with E-state index in [-0.39, 0.29) is 19.1 Å². The van der Waals surface area contributed by atoms with Crippen LogP contribution in [0.1, 0.15) is 0 Å². The van der Waals surface area contributed by atoms with E-state index >= 15 is 0 Å². The van der Waals surface area contributed by atoms with Crippen LogP contribution in [0.15, 0.2) is 29.3 Å². The Balaban J connectivity index is 1.63. The van der Waals surface area contributed by atoms with Crippen molar-refractivity contribution in [3.05, 3.63) is 24.3 Å². The fraction of sp³-hybridized carbons (Fsp3) is 0.438. The molecule has 27 heavy (non-hydrogen) atoms. The summed E-state index contributed by atoms with van der Waals surface area (Å²) in [7, 11) is 3.10. The Hall–Kier alpha value is -3.05. The number of nitrogens with two attached hydrogens (primary N) is 1. The van der Waals surface area contributed by atoms with Crippen molar-refractivity contribution >= 4 is 17.9 Å². The van der Waals surface area contributed by atoms with Gasteiger partial charge in [0.2, 0.25) is 5.96 Å². The number of nitrogens with one attached hydrogen (secondary N) is 2. The van der Waals surface area contributed by atoms with Crippen molar-refractivity contribution in [3.8, 4) is 11.5 Å². The van der Waals surface area contributed by atoms with Gasteiger partial charge in [-0.3, -0.25) is 15.5 Å². The van der Waals surface area contributed by atoms with E-state index in [1.807, 2.05) is 0 Å². The molecule has 1 saturated heterocycles. The van der Waals surface area contributed by atoms with Crippen molar-refractivity contribution in [1.29, 1.82) is 0 Å². The number of aliphatic imine (C=N–C) groups is 1. The number of hydrogen-bond acceptors (Lipinski definition) is 9. The molecule has 3 rings (SSSR count). The van der Waals surface area contributed by atoms with Crippen molar-refractivity contribution in [2.75, 3.05) is 27.3 Å². The number of hydrogen-bond donors (Lipinski definition) is 4. The number of fused-ring (bicyclic) bond motifs is 1. The number of hydrazine groups is 1. The molecule has 2 heterocycles. The van der Waals surface area contributed by atoms with Gasteiger partial charge in [0, 0.05) is 7.05 Å². The first-order valence-electron chi connectivity index (χ1n) is 8.28. The topological polar surface area (TPSA) is 142 Å². The minimum Gasteiger partial charge on any atom is -0.497 e. The molecule has 1 aromatic carbocycles. The lowest BCUT2D eigenvalue weighted by atomic mass is 10.1. The number of urea groups is 1. The molecule has 0 saturated carbocycles. The number of β-amino-alcohol motifs (C(OH)–C–C–N with tert-alkyl or cyclic N) is 1. The van der Waals surface area contributed by atoms with Crippen molar-refractivity contribution in [3.63, 3.8) is 0 Å². The highest BCUT2D eigenvalue weighted by Crippen LogP contribution is 2.23. The molecule has 3 amide bonds. The number of benzene rings is 1. The first kappa shape index (κ1) is 18.7. The number of amides is 3. The van der Waals surface area contributed by atoms with Gasteiger partial charge in [0.05, 0.1) is 13.7 Å². The number of nitrogens with zero attached hydrogens (tertiary/aromatic N) is 3. The van der Waals surface area contributed by atoms with Crippen LogP contribution < -0.4 is 26.1 Å². The minimum atomic E-state index is -0.930. The van der Waals surface area contributed by atoms with Crippen LogP contribution in [0.3, 0.4) is 0 Å². The number of guanidine groups is 1. The molecule has 1 aromatic rings. The Labute approximate surface area is 155 Å². The second kappa shape index (κ2) is 7.68. The number of ether oxygens (including phenoxy) is 2. The lowest BCUT2D eigenvalue weighted by Crippen LogP contribution is -2.65. The van der Waals surface area contributed by atoms with Gasteiger partial charge in [0.1, 0.15) is 24.2 Å². The van der Waals surface area contributed by atoms with Crippen LogP contribution in [0, 0.1) is 0 Å². The molecule has 146 valence electrons. The number of aliphatic hydroxyl groups is 1. The standard InChI is InChI=1S/C16H22N6O5/c1-21-13-12(14(24)19-16(21)25)22(15(18-13)20-17)7-9(23)8-27-11-5-3-10(26-2)4-6-11/h3-6,9,12-13,23H,7-8,17H2,1-2H3,(H,18,20)(H,19,24,25). The fourth-order valence-electron chi connectivity index (χ4n) is 2.99. The van der Waals surface area contributed by atoms with Gasteiger partial charge in [0.25, 0.3) is 5.91 Å². The molecule has 2 aliphatic heterocycles. The van der Waals surface area contributed by atoms with E-state index in [0.717, 1.165) is 0 Å². The summed E-state index contributed by atoms with van der Waals surface area (Å²) in [4.78, 5) is 31.1. The third-order valence-electron chi connectivity index (χ3n) is 4.40. The average Bonchev–Trinajstić information content (AvgIpc) is 3.04. The summed E-state index contributed by atoms with van der Waals surface area (Å²) in [6.45, 7) is 0.0320. The lowest BCUT2D eigenvalue weighted by molar-refractivity contribution is -0.127. The van der Waals surface area contributed by atoms with E-state index in [9.17, 15) is 14.7 Å². The molecule has 11 nitrogen and oxygen atoms in total. The summed E-state index contributed by atoms with van der Waals surface area (Å²) in [6, 6.07) is 5.62. The Bertz CT molecular complexity index is 739. The Morgan fingerprint density at radius 2 is 2.00 bits per heavy atom. The molecule has 3 atom stereocenters. The van der Waals surface area contributed by atoms with Crippen LogP contribution in [-0.2, 0) is 4.79 Å². The third-order valence-corrected chi connectivity index (χ3v) is 4.40. The van der Waals surface area contributed by atoms with Crippen LogP contribution >= 0.6 is 0 Å². The van der Waals surface area contributed by atoms with Crippen molar-refractivity contribution in [2.45, 2.75) is 18.3 Å². The van der Waals surface area contributed by atoms with E-state index in [0.29, 0.717) is 11.5 Å². The Morgan fingerprint density at radius 3 is 2.63 bits per heavy atom.